The summed E-state index contributed by atoms with van der Waals surface area (Å²) in [6.45, 7) is 8.32. The van der Waals surface area contributed by atoms with Gasteiger partial charge in [-0.1, -0.05) is 63.6 Å². The quantitative estimate of drug-likeness (QED) is 0.0109. The standard InChI is InChI=1S/C28H34N5O8P.C21H25N2O7P.C12H13N5O4.C4H9.CH3F.CH4.ClH.Mg/c1-18(27(36)39-19-8-4-2-5-9-19)15-42(37,41-20-10-6-3-7-11-20)38-14-22-24(34)25(35)28(16-29,40-22)23-13-12-21-26(30)31-17-32-33(21)23;1-16(21(24)28-18-8-4-2-5-9-18)22-31(27,29-19-10-6-3-7-11-19)30-20-14-12-17(13-15-20)23(25)26;13-4-12(10(20)9(19)7(3-18)21-12)8-2-1-6-11(14)15-5-16-17(6)8;1-4(2)3;1-2;;;/h3,6-7,10-13,17-19,22,24-25,34-35H,2,4-5,8-9,14-15H2,1H3,(H2,30,31,32);3,6-7,10-16,18H,2,4-5,8-9H2,1H3,(H,22,27);1-2,5,7,9-10,18-20H,3H2,(H2,14,15,16);1-3H3;1H3;1H4;1H;/q;;;-1;;;;+2/p-1/t18-,22-,24-,25-,28+,42?;16-,31?;7-,9-,10-,12+;;;;;/m101...../s1/i;;;;1D;;;. The van der Waals surface area contributed by atoms with Crippen molar-refractivity contribution in [3.05, 3.63) is 149 Å². The Bertz CT molecular complexity index is 4030. The monoisotopic (exact) mass is 1510 g/mol. The van der Waals surface area contributed by atoms with Crippen LogP contribution in [-0.2, 0) is 53.4 Å². The molecule has 12 atom stereocenters. The number of halogens is 2. The van der Waals surface area contributed by atoms with Gasteiger partial charge in [0.1, 0.15) is 108 Å². The maximum atomic E-state index is 14.1. The Labute approximate surface area is 619 Å². The van der Waals surface area contributed by atoms with Crippen LogP contribution in [0.3, 0.4) is 0 Å². The van der Waals surface area contributed by atoms with Gasteiger partial charge in [0.25, 0.3) is 5.69 Å². The maximum Gasteiger partial charge on any atom is 2.00 e. The number of nitrogens with two attached hydrogens (primary N) is 2. The second-order valence-electron chi connectivity index (χ2n) is 24.3. The predicted octanol–water partition coefficient (Wildman–Crippen LogP) is 5.58. The molecular weight excluding hydrogens is 1420 g/mol. The van der Waals surface area contributed by atoms with E-state index in [1.54, 1.807) is 79.7 Å². The van der Waals surface area contributed by atoms with Gasteiger partial charge in [-0.05, 0) is 119 Å². The number of ether oxygens (including phenoxy) is 4. The number of fused-ring (bicyclic) bond motifs is 2. The van der Waals surface area contributed by atoms with Crippen LogP contribution in [0.5, 0.6) is 17.2 Å². The molecule has 0 amide bonds. The van der Waals surface area contributed by atoms with Crippen molar-refractivity contribution in [3.63, 3.8) is 0 Å². The van der Waals surface area contributed by atoms with E-state index in [9.17, 15) is 69.3 Å². The number of hydrogen-bond acceptors (Lipinski definition) is 27. The summed E-state index contributed by atoms with van der Waals surface area (Å²) >= 11 is 0. The van der Waals surface area contributed by atoms with E-state index in [4.69, 9.17) is 49.9 Å². The number of aliphatic hydroxyl groups excluding tert-OH is 5. The first-order valence-electron chi connectivity index (χ1n) is 32.7. The number of benzene rings is 3. The second kappa shape index (κ2) is 40.5. The minimum atomic E-state index is -4.09. The van der Waals surface area contributed by atoms with Crippen LogP contribution >= 0.6 is 15.3 Å². The molecule has 556 valence electrons. The minimum Gasteiger partial charge on any atom is -1.00 e. The number of nitriles is 2. The van der Waals surface area contributed by atoms with Gasteiger partial charge in [0, 0.05) is 12.1 Å². The summed E-state index contributed by atoms with van der Waals surface area (Å²) in [6, 6.07) is 30.8. The van der Waals surface area contributed by atoms with E-state index in [1.165, 1.54) is 70.9 Å². The fraction of sp³-hybridized carbons (Fsp3) is 0.478. The van der Waals surface area contributed by atoms with Crippen LogP contribution in [0, 0.1) is 44.6 Å². The van der Waals surface area contributed by atoms with E-state index >= 15 is 0 Å². The molecule has 0 radical (unpaired) electrons. The van der Waals surface area contributed by atoms with Crippen LogP contribution < -0.4 is 42.5 Å². The summed E-state index contributed by atoms with van der Waals surface area (Å²) in [5, 5.41) is 92.4. The number of hydrogen-bond donors (Lipinski definition) is 8. The van der Waals surface area contributed by atoms with Gasteiger partial charge in [0.15, 0.2) is 11.6 Å². The fourth-order valence-corrected chi connectivity index (χ4v) is 14.5. The van der Waals surface area contributed by atoms with Crippen LogP contribution in [-0.4, -0.2) is 176 Å². The van der Waals surface area contributed by atoms with Crippen molar-refractivity contribution in [3.8, 4) is 29.4 Å². The van der Waals surface area contributed by atoms with Gasteiger partial charge in [-0.25, -0.2) is 28.1 Å². The number of nitrogens with one attached hydrogen (secondary N) is 1. The predicted molar refractivity (Wildman–Crippen MR) is 372 cm³/mol. The Morgan fingerprint density at radius 1 is 0.728 bits per heavy atom. The number of nitrogen functional groups attached to an aromatic ring is 2. The van der Waals surface area contributed by atoms with Crippen molar-refractivity contribution >= 4 is 78.7 Å². The van der Waals surface area contributed by atoms with E-state index in [1.807, 2.05) is 12.1 Å². The molecule has 0 bridgehead atoms. The average molecular weight is 1510 g/mol. The molecule has 4 aliphatic rings. The largest absolute Gasteiger partial charge is 2.00 e. The van der Waals surface area contributed by atoms with Gasteiger partial charge >= 0.3 is 50.3 Å². The molecule has 7 aromatic rings. The summed E-state index contributed by atoms with van der Waals surface area (Å²) < 4.78 is 90.9. The topological polar surface area (TPSA) is 458 Å². The number of alkyl halides is 1. The number of non-ortho nitro benzene ring substituents is 1. The van der Waals surface area contributed by atoms with Crippen molar-refractivity contribution in [2.24, 2.45) is 5.92 Å². The van der Waals surface area contributed by atoms with Gasteiger partial charge in [-0.2, -0.15) is 46.6 Å². The number of esters is 2. The normalized spacial score (nSPS) is 23.2. The van der Waals surface area contributed by atoms with E-state index in [-0.39, 0.29) is 107 Å². The van der Waals surface area contributed by atoms with Gasteiger partial charge in [-0.15, -0.1) is 0 Å². The summed E-state index contributed by atoms with van der Waals surface area (Å²) in [4.78, 5) is 43.4. The molecule has 2 saturated heterocycles. The number of carbonyl (C=O) groups excluding carboxylic acids is 2. The molecule has 2 unspecified atom stereocenters. The fourth-order valence-electron chi connectivity index (χ4n) is 11.1. The molecule has 6 heterocycles. The zero-order chi connectivity index (χ0) is 73.7. The maximum absolute atomic E-state index is 14.1. The van der Waals surface area contributed by atoms with Gasteiger partial charge in [0.05, 0.1) is 50.1 Å². The smallest absolute Gasteiger partial charge is 1.00 e. The summed E-state index contributed by atoms with van der Waals surface area (Å²) in [5.41, 5.74) is 8.74. The van der Waals surface area contributed by atoms with E-state index < -0.39 is 112 Å². The number of rotatable bonds is 21. The third kappa shape index (κ3) is 22.4. The average Bonchev–Trinajstić information content (AvgIpc) is 1.59. The zero-order valence-electron chi connectivity index (χ0n) is 57.7. The van der Waals surface area contributed by atoms with Crippen LogP contribution in [0.25, 0.3) is 11.0 Å². The molecule has 10 N–H and O–H groups in total. The number of nitro benzene ring substituents is 1. The number of nitro groups is 1. The van der Waals surface area contributed by atoms with Crippen LogP contribution in [0.15, 0.2) is 122 Å². The van der Waals surface area contributed by atoms with E-state index in [0.717, 1.165) is 64.2 Å². The Hall–Kier alpha value is -7.69. The van der Waals surface area contributed by atoms with Crippen LogP contribution in [0.1, 0.15) is 119 Å². The molecular formula is C67H88ClFMgN12O19P2. The van der Waals surface area contributed by atoms with Crippen molar-refractivity contribution in [2.45, 2.75) is 172 Å². The Balaban J connectivity index is 0.000000325. The van der Waals surface area contributed by atoms with Crippen molar-refractivity contribution in [1.29, 1.82) is 10.5 Å². The second-order valence-corrected chi connectivity index (χ2v) is 27.9. The first-order chi connectivity index (χ1) is 48.2. The number of anilines is 2. The number of aromatic nitrogens is 6. The molecule has 36 heteroatoms. The molecule has 2 aliphatic carbocycles. The molecule has 2 aliphatic heterocycles. The minimum absolute atomic E-state index is 0. The van der Waals surface area contributed by atoms with Gasteiger partial charge in [0.2, 0.25) is 11.2 Å². The van der Waals surface area contributed by atoms with Crippen molar-refractivity contribution in [1.82, 2.24) is 34.3 Å². The molecule has 0 spiro atoms. The first-order valence-corrected chi connectivity index (χ1v) is 35.2. The number of aliphatic hydroxyl groups is 5. The van der Waals surface area contributed by atoms with Crippen LogP contribution in [0.4, 0.5) is 21.7 Å². The third-order valence-electron chi connectivity index (χ3n) is 16.1. The molecule has 11 rings (SSSR count). The SMILES string of the molecule is C.C[C-](C)C.C[C@H](CP(=O)(OC[C@H]1O[C@@](C#N)(c2ccc3c(N)ncnn23)[C@H](O)[C@@H]1O)Oc1ccccc1)C(=O)OC1CCCCC1.C[C@H](NP(=O)(Oc1ccccc1)Oc1ccc([N+](=O)[O-])cc1)C(=O)OC1CCCCC1.N#C[C@@]1(c2ccc3c(N)ncnn23)O[C@H](CO)[C@@H](O)[C@H]1O.[2H]CF.[Cl-].[Mg+2]. The number of para-hydroxylation sites is 2. The number of carbonyl (C=O) groups is 2. The Kier molecular flexibility index (Phi) is 33.8. The molecule has 31 nitrogen and oxygen atoms in total. The molecule has 4 fully saturated rings. The van der Waals surface area contributed by atoms with Crippen molar-refractivity contribution < 1.29 is 104 Å². The van der Waals surface area contributed by atoms with Crippen molar-refractivity contribution in [2.75, 3.05) is 38.0 Å². The van der Waals surface area contributed by atoms with E-state index in [2.05, 4.69) is 46.0 Å². The number of nitrogens with zero attached hydrogens (tertiary/aromatic N) is 9. The molecule has 103 heavy (non-hydrogen) atoms. The van der Waals surface area contributed by atoms with Gasteiger partial charge in [-0.3, -0.25) is 28.6 Å². The van der Waals surface area contributed by atoms with Crippen LogP contribution in [0.2, 0.25) is 0 Å². The molecule has 2 saturated carbocycles. The van der Waals surface area contributed by atoms with E-state index in [0.29, 0.717) is 11.0 Å². The summed E-state index contributed by atoms with van der Waals surface area (Å²) in [7, 11) is -9.14. The first kappa shape index (κ1) is 86.0. The Morgan fingerprint density at radius 2 is 1.14 bits per heavy atom. The van der Waals surface area contributed by atoms with Gasteiger partial charge < -0.3 is 87.8 Å². The third-order valence-corrected chi connectivity index (χ3v) is 19.7. The zero-order valence-corrected chi connectivity index (χ0v) is 60.7. The molecule has 3 aromatic carbocycles. The Morgan fingerprint density at radius 3 is 1.55 bits per heavy atom. The summed E-state index contributed by atoms with van der Waals surface area (Å²) in [5.74, 6) is 0.513. The summed E-state index contributed by atoms with van der Waals surface area (Å²) in [6.07, 6.45) is 2.64. The molecule has 4 aromatic heterocycles.